The van der Waals surface area contributed by atoms with Crippen molar-refractivity contribution in [2.45, 2.75) is 87.7 Å². The standard InChI is InChI=1S/C29H37N5O3/c30-27-26-25(19-2-1-3-24(14-19)36-17-29-11-8-23(37-29)9-12-29)16-34(28(26)32-18-31-27)21-6-4-20(5-7-21)33-13-10-22(35)15-33/h1-3,14,16,18,20-23,35H,4-13,15,17H2,(H2,30,31,32)/t20-,21-,22-,23?,29?/m0/s1. The Hall–Kier alpha value is -2.68. The van der Waals surface area contributed by atoms with Crippen molar-refractivity contribution in [1.29, 1.82) is 0 Å². The van der Waals surface area contributed by atoms with Crippen LogP contribution in [0.5, 0.6) is 5.75 Å². The molecule has 0 spiro atoms. The van der Waals surface area contributed by atoms with Crippen molar-refractivity contribution in [3.05, 3.63) is 36.8 Å². The summed E-state index contributed by atoms with van der Waals surface area (Å²) >= 11 is 0. The second-order valence-electron chi connectivity index (χ2n) is 11.6. The monoisotopic (exact) mass is 503 g/mol. The summed E-state index contributed by atoms with van der Waals surface area (Å²) in [5, 5.41) is 10.9. The number of rotatable bonds is 6. The van der Waals surface area contributed by atoms with Gasteiger partial charge in [-0.3, -0.25) is 4.90 Å². The van der Waals surface area contributed by atoms with E-state index in [0.717, 1.165) is 98.8 Å². The molecular weight excluding hydrogens is 466 g/mol. The van der Waals surface area contributed by atoms with Crippen LogP contribution < -0.4 is 10.5 Å². The van der Waals surface area contributed by atoms with Crippen LogP contribution in [0.15, 0.2) is 36.8 Å². The quantitative estimate of drug-likeness (QED) is 0.517. The van der Waals surface area contributed by atoms with E-state index < -0.39 is 0 Å². The summed E-state index contributed by atoms with van der Waals surface area (Å²) in [5.74, 6) is 1.37. The highest BCUT2D eigenvalue weighted by molar-refractivity contribution is 6.00. The van der Waals surface area contributed by atoms with E-state index in [1.54, 1.807) is 6.33 Å². The Kier molecular flexibility index (Phi) is 5.86. The van der Waals surface area contributed by atoms with E-state index in [4.69, 9.17) is 15.2 Å². The molecule has 5 heterocycles. The second-order valence-corrected chi connectivity index (χ2v) is 11.6. The van der Waals surface area contributed by atoms with Crippen LogP contribution in [0, 0.1) is 0 Å². The normalized spacial score (nSPS) is 31.9. The maximum Gasteiger partial charge on any atom is 0.146 e. The minimum Gasteiger partial charge on any atom is -0.491 e. The van der Waals surface area contributed by atoms with E-state index in [1.807, 2.05) is 12.1 Å². The van der Waals surface area contributed by atoms with Crippen molar-refractivity contribution in [2.75, 3.05) is 25.4 Å². The van der Waals surface area contributed by atoms with Crippen LogP contribution in [0.2, 0.25) is 0 Å². The topological polar surface area (TPSA) is 98.7 Å². The molecule has 8 nitrogen and oxygen atoms in total. The smallest absolute Gasteiger partial charge is 0.146 e. The molecule has 1 atom stereocenters. The van der Waals surface area contributed by atoms with Crippen LogP contribution in [0.1, 0.15) is 63.8 Å². The number of nitrogens with two attached hydrogens (primary N) is 1. The molecular formula is C29H37N5O3. The van der Waals surface area contributed by atoms with Crippen molar-refractivity contribution < 1.29 is 14.6 Å². The Morgan fingerprint density at radius 3 is 2.59 bits per heavy atom. The van der Waals surface area contributed by atoms with Crippen molar-refractivity contribution in [1.82, 2.24) is 19.4 Å². The van der Waals surface area contributed by atoms with Gasteiger partial charge >= 0.3 is 0 Å². The van der Waals surface area contributed by atoms with Gasteiger partial charge in [-0.05, 0) is 75.5 Å². The number of ether oxygens (including phenoxy) is 2. The number of hydrogen-bond donors (Lipinski definition) is 2. The number of nitrogen functional groups attached to an aromatic ring is 1. The van der Waals surface area contributed by atoms with Gasteiger partial charge in [-0.2, -0.15) is 0 Å². The van der Waals surface area contributed by atoms with Gasteiger partial charge in [-0.25, -0.2) is 9.97 Å². The van der Waals surface area contributed by atoms with Gasteiger partial charge in [0.1, 0.15) is 35.7 Å². The van der Waals surface area contributed by atoms with E-state index in [9.17, 15) is 5.11 Å². The van der Waals surface area contributed by atoms with Gasteiger partial charge in [-0.15, -0.1) is 0 Å². The van der Waals surface area contributed by atoms with Gasteiger partial charge in [-0.1, -0.05) is 12.1 Å². The van der Waals surface area contributed by atoms with Crippen LogP contribution in [-0.4, -0.2) is 68.1 Å². The lowest BCUT2D eigenvalue weighted by atomic mass is 9.89. The number of aliphatic hydroxyl groups excluding tert-OH is 1. The fourth-order valence-electron chi connectivity index (χ4n) is 7.26. The first-order valence-corrected chi connectivity index (χ1v) is 14.0. The van der Waals surface area contributed by atoms with Gasteiger partial charge < -0.3 is 24.9 Å². The van der Waals surface area contributed by atoms with E-state index in [1.165, 1.54) is 0 Å². The zero-order chi connectivity index (χ0) is 25.0. The number of likely N-dealkylation sites (tertiary alicyclic amines) is 1. The number of aromatic nitrogens is 3. The third-order valence-corrected chi connectivity index (χ3v) is 9.32. The van der Waals surface area contributed by atoms with Crippen molar-refractivity contribution in [3.8, 4) is 16.9 Å². The summed E-state index contributed by atoms with van der Waals surface area (Å²) in [6.07, 6.45) is 13.9. The Morgan fingerprint density at radius 1 is 1.05 bits per heavy atom. The first-order valence-electron chi connectivity index (χ1n) is 14.0. The Bertz CT molecular complexity index is 1280. The van der Waals surface area contributed by atoms with Gasteiger partial charge in [0.25, 0.3) is 0 Å². The third-order valence-electron chi connectivity index (χ3n) is 9.32. The maximum atomic E-state index is 9.96. The number of hydrogen-bond acceptors (Lipinski definition) is 7. The number of β-amino-alcohol motifs (C(OH)–C–C–N with tert-alkyl or cyclic N) is 1. The van der Waals surface area contributed by atoms with E-state index >= 15 is 0 Å². The number of anilines is 1. The zero-order valence-corrected chi connectivity index (χ0v) is 21.4. The largest absolute Gasteiger partial charge is 0.491 e. The molecule has 1 aromatic carbocycles. The van der Waals surface area contributed by atoms with Crippen LogP contribution in [0.25, 0.3) is 22.2 Å². The summed E-state index contributed by atoms with van der Waals surface area (Å²) in [5.41, 5.74) is 9.36. The molecule has 4 fully saturated rings. The Morgan fingerprint density at radius 2 is 1.86 bits per heavy atom. The van der Waals surface area contributed by atoms with E-state index in [0.29, 0.717) is 30.6 Å². The first-order chi connectivity index (χ1) is 18.1. The second kappa shape index (κ2) is 9.26. The summed E-state index contributed by atoms with van der Waals surface area (Å²) in [4.78, 5) is 11.5. The molecule has 3 saturated heterocycles. The fourth-order valence-corrected chi connectivity index (χ4v) is 7.26. The minimum atomic E-state index is -0.159. The van der Waals surface area contributed by atoms with Crippen molar-refractivity contribution in [2.24, 2.45) is 0 Å². The van der Waals surface area contributed by atoms with Crippen LogP contribution in [-0.2, 0) is 4.74 Å². The maximum absolute atomic E-state index is 9.96. The average molecular weight is 504 g/mol. The molecule has 1 aliphatic carbocycles. The third kappa shape index (κ3) is 4.29. The number of fused-ring (bicyclic) bond motifs is 3. The predicted molar refractivity (Wildman–Crippen MR) is 142 cm³/mol. The Balaban J connectivity index is 1.14. The molecule has 37 heavy (non-hydrogen) atoms. The molecule has 3 aromatic rings. The van der Waals surface area contributed by atoms with Gasteiger partial charge in [0, 0.05) is 36.9 Å². The predicted octanol–water partition coefficient (Wildman–Crippen LogP) is 4.32. The molecule has 7 rings (SSSR count). The molecule has 0 amide bonds. The SMILES string of the molecule is Nc1ncnc2c1c(-c1cccc(OCC34CCC(CC3)O4)c1)cn2[C@H]1CC[C@H](N2CC[C@H](O)C2)CC1. The van der Waals surface area contributed by atoms with Crippen LogP contribution >= 0.6 is 0 Å². The summed E-state index contributed by atoms with van der Waals surface area (Å²) in [7, 11) is 0. The molecule has 8 heteroatoms. The lowest BCUT2D eigenvalue weighted by molar-refractivity contribution is -0.0198. The lowest BCUT2D eigenvalue weighted by Gasteiger charge is -2.35. The van der Waals surface area contributed by atoms with Gasteiger partial charge in [0.2, 0.25) is 0 Å². The van der Waals surface area contributed by atoms with Crippen LogP contribution in [0.3, 0.4) is 0 Å². The van der Waals surface area contributed by atoms with E-state index in [2.05, 4.69) is 37.8 Å². The summed E-state index contributed by atoms with van der Waals surface area (Å²) in [6, 6.07) is 9.25. The van der Waals surface area contributed by atoms with Gasteiger partial charge in [0.05, 0.1) is 17.6 Å². The highest BCUT2D eigenvalue weighted by Crippen LogP contribution is 2.44. The molecule has 0 radical (unpaired) electrons. The number of aliphatic hydroxyl groups is 1. The molecule has 196 valence electrons. The number of benzene rings is 1. The number of nitrogens with zero attached hydrogens (tertiary/aromatic N) is 4. The summed E-state index contributed by atoms with van der Waals surface area (Å²) in [6.45, 7) is 2.45. The average Bonchev–Trinajstić information content (AvgIpc) is 3.72. The highest BCUT2D eigenvalue weighted by atomic mass is 16.6. The molecule has 3 N–H and O–H groups in total. The van der Waals surface area contributed by atoms with Crippen molar-refractivity contribution >= 4 is 16.9 Å². The highest BCUT2D eigenvalue weighted by Gasteiger charge is 2.46. The van der Waals surface area contributed by atoms with Gasteiger partial charge in [0.15, 0.2) is 0 Å². The fraction of sp³-hybridized carbons (Fsp3) is 0.586. The van der Waals surface area contributed by atoms with Crippen molar-refractivity contribution in [3.63, 3.8) is 0 Å². The van der Waals surface area contributed by atoms with Crippen LogP contribution in [0.4, 0.5) is 5.82 Å². The lowest BCUT2D eigenvalue weighted by Crippen LogP contribution is -2.37. The molecule has 1 saturated carbocycles. The minimum absolute atomic E-state index is 0.0963. The molecule has 4 aliphatic rings. The molecule has 2 aromatic heterocycles. The van der Waals surface area contributed by atoms with E-state index in [-0.39, 0.29) is 11.7 Å². The first kappa shape index (κ1) is 23.4. The summed E-state index contributed by atoms with van der Waals surface area (Å²) < 4.78 is 14.8. The zero-order valence-electron chi connectivity index (χ0n) is 21.4. The molecule has 3 aliphatic heterocycles. The Labute approximate surface area is 217 Å². The molecule has 2 bridgehead atoms. The molecule has 0 unspecified atom stereocenters.